The van der Waals surface area contributed by atoms with Gasteiger partial charge in [-0.1, -0.05) is 0 Å². The Labute approximate surface area is 117 Å². The van der Waals surface area contributed by atoms with Crippen LogP contribution in [0.3, 0.4) is 0 Å². The van der Waals surface area contributed by atoms with E-state index in [1.807, 2.05) is 0 Å². The summed E-state index contributed by atoms with van der Waals surface area (Å²) in [7, 11) is 1.64. The van der Waals surface area contributed by atoms with Crippen LogP contribution in [0.5, 0.6) is 0 Å². The third-order valence-corrected chi connectivity index (χ3v) is 3.72. The van der Waals surface area contributed by atoms with Gasteiger partial charge in [-0.05, 0) is 37.8 Å². The van der Waals surface area contributed by atoms with Gasteiger partial charge in [0.1, 0.15) is 5.69 Å². The second-order valence-electron chi connectivity index (χ2n) is 5.07. The molecule has 1 saturated carbocycles. The molecule has 1 aromatic heterocycles. The highest BCUT2D eigenvalue weighted by atomic mass is 16.5. The Morgan fingerprint density at radius 2 is 2.20 bits per heavy atom. The average molecular weight is 278 g/mol. The van der Waals surface area contributed by atoms with Gasteiger partial charge in [0, 0.05) is 25.5 Å². The first-order valence-corrected chi connectivity index (χ1v) is 6.57. The van der Waals surface area contributed by atoms with E-state index in [1.54, 1.807) is 7.11 Å². The molecule has 6 nitrogen and oxygen atoms in total. The van der Waals surface area contributed by atoms with E-state index in [0.717, 1.165) is 25.7 Å². The van der Waals surface area contributed by atoms with E-state index in [1.165, 1.54) is 18.3 Å². The predicted molar refractivity (Wildman–Crippen MR) is 71.7 cm³/mol. The number of carbonyl (C=O) groups excluding carboxylic acids is 1. The fraction of sp³-hybridized carbons (Fsp3) is 0.500. The lowest BCUT2D eigenvalue weighted by atomic mass is 9.74. The van der Waals surface area contributed by atoms with Crippen LogP contribution in [0, 0.1) is 0 Å². The van der Waals surface area contributed by atoms with Crippen LogP contribution in [0.4, 0.5) is 0 Å². The monoisotopic (exact) mass is 278 g/mol. The van der Waals surface area contributed by atoms with Crippen LogP contribution in [0.25, 0.3) is 0 Å². The standard InChI is InChI=1S/C14H18N2O4/c1-20-8-7-14(5-2-6-14)16-12(17)10-3-4-11(13(18)19)15-9-10/h3-4,9H,2,5-8H2,1H3,(H,16,17)(H,18,19). The predicted octanol–water partition coefficient (Wildman–Crippen LogP) is 1.47. The molecule has 0 spiro atoms. The molecule has 1 aliphatic rings. The first kappa shape index (κ1) is 14.5. The van der Waals surface area contributed by atoms with Gasteiger partial charge in [0.25, 0.3) is 5.91 Å². The zero-order chi connectivity index (χ0) is 14.6. The average Bonchev–Trinajstić information content (AvgIpc) is 2.41. The number of aromatic nitrogens is 1. The summed E-state index contributed by atoms with van der Waals surface area (Å²) in [5.41, 5.74) is 0.122. The van der Waals surface area contributed by atoms with Crippen molar-refractivity contribution in [3.05, 3.63) is 29.6 Å². The van der Waals surface area contributed by atoms with E-state index in [-0.39, 0.29) is 17.1 Å². The van der Waals surface area contributed by atoms with Crippen molar-refractivity contribution in [1.82, 2.24) is 10.3 Å². The molecule has 6 heteroatoms. The fourth-order valence-corrected chi connectivity index (χ4v) is 2.31. The number of methoxy groups -OCH3 is 1. The second-order valence-corrected chi connectivity index (χ2v) is 5.07. The summed E-state index contributed by atoms with van der Waals surface area (Å²) < 4.78 is 5.07. The molecule has 0 aromatic carbocycles. The third-order valence-electron chi connectivity index (χ3n) is 3.72. The Balaban J connectivity index is 2.01. The molecule has 0 atom stereocenters. The smallest absolute Gasteiger partial charge is 0.354 e. The van der Waals surface area contributed by atoms with Crippen LogP contribution in [-0.4, -0.2) is 41.2 Å². The van der Waals surface area contributed by atoms with E-state index in [2.05, 4.69) is 10.3 Å². The molecule has 1 aliphatic carbocycles. The molecule has 0 radical (unpaired) electrons. The number of hydrogen-bond acceptors (Lipinski definition) is 4. The van der Waals surface area contributed by atoms with Crippen LogP contribution < -0.4 is 5.32 Å². The summed E-state index contributed by atoms with van der Waals surface area (Å²) in [5.74, 6) is -1.32. The minimum absolute atomic E-state index is 0.0701. The van der Waals surface area contributed by atoms with Crippen molar-refractivity contribution in [2.75, 3.05) is 13.7 Å². The first-order valence-electron chi connectivity index (χ1n) is 6.57. The van der Waals surface area contributed by atoms with Crippen LogP contribution in [-0.2, 0) is 4.74 Å². The van der Waals surface area contributed by atoms with Crippen molar-refractivity contribution in [1.29, 1.82) is 0 Å². The number of hydrogen-bond donors (Lipinski definition) is 2. The highest BCUT2D eigenvalue weighted by Crippen LogP contribution is 2.35. The minimum Gasteiger partial charge on any atom is -0.477 e. The Morgan fingerprint density at radius 1 is 1.45 bits per heavy atom. The van der Waals surface area contributed by atoms with E-state index < -0.39 is 5.97 Å². The lowest BCUT2D eigenvalue weighted by molar-refractivity contribution is 0.0685. The number of aromatic carboxylic acids is 1. The van der Waals surface area contributed by atoms with Gasteiger partial charge in [0.15, 0.2) is 0 Å². The van der Waals surface area contributed by atoms with Crippen LogP contribution in [0.15, 0.2) is 18.3 Å². The molecule has 20 heavy (non-hydrogen) atoms. The molecule has 1 fully saturated rings. The fourth-order valence-electron chi connectivity index (χ4n) is 2.31. The second kappa shape index (κ2) is 6.00. The molecule has 0 aliphatic heterocycles. The Bertz CT molecular complexity index is 494. The quantitative estimate of drug-likeness (QED) is 0.822. The normalized spacial score (nSPS) is 16.2. The Hall–Kier alpha value is -1.95. The van der Waals surface area contributed by atoms with Crippen molar-refractivity contribution >= 4 is 11.9 Å². The SMILES string of the molecule is COCCC1(NC(=O)c2ccc(C(=O)O)nc2)CCC1. The molecule has 1 heterocycles. The van der Waals surface area contributed by atoms with Crippen molar-refractivity contribution in [2.45, 2.75) is 31.2 Å². The van der Waals surface area contributed by atoms with E-state index >= 15 is 0 Å². The van der Waals surface area contributed by atoms with Gasteiger partial charge in [-0.3, -0.25) is 4.79 Å². The van der Waals surface area contributed by atoms with Crippen molar-refractivity contribution < 1.29 is 19.4 Å². The first-order chi connectivity index (χ1) is 9.56. The number of pyridine rings is 1. The van der Waals surface area contributed by atoms with E-state index in [0.29, 0.717) is 12.2 Å². The molecule has 0 bridgehead atoms. The summed E-state index contributed by atoms with van der Waals surface area (Å²) in [6.07, 6.45) is 5.07. The summed E-state index contributed by atoms with van der Waals surface area (Å²) in [4.78, 5) is 26.6. The number of ether oxygens (including phenoxy) is 1. The van der Waals surface area contributed by atoms with Crippen molar-refractivity contribution in [3.63, 3.8) is 0 Å². The lowest BCUT2D eigenvalue weighted by Crippen LogP contribution is -2.54. The number of nitrogens with one attached hydrogen (secondary N) is 1. The molecule has 1 amide bonds. The molecular weight excluding hydrogens is 260 g/mol. The summed E-state index contributed by atoms with van der Waals surface area (Å²) in [6, 6.07) is 2.81. The van der Waals surface area contributed by atoms with Gasteiger partial charge in [-0.25, -0.2) is 9.78 Å². The number of carboxylic acids is 1. The van der Waals surface area contributed by atoms with Crippen LogP contribution in [0.2, 0.25) is 0 Å². The maximum absolute atomic E-state index is 12.2. The molecule has 2 rings (SSSR count). The molecule has 0 saturated heterocycles. The maximum atomic E-state index is 12.2. The van der Waals surface area contributed by atoms with Gasteiger partial charge in [0.05, 0.1) is 5.56 Å². The number of carboxylic acid groups (broad SMARTS) is 1. The number of carbonyl (C=O) groups is 2. The minimum atomic E-state index is -1.10. The Morgan fingerprint density at radius 3 is 2.65 bits per heavy atom. The van der Waals surface area contributed by atoms with E-state index in [4.69, 9.17) is 9.84 Å². The molecule has 108 valence electrons. The van der Waals surface area contributed by atoms with Gasteiger partial charge in [-0.2, -0.15) is 0 Å². The summed E-state index contributed by atoms with van der Waals surface area (Å²) in [5, 5.41) is 11.8. The highest BCUT2D eigenvalue weighted by Gasteiger charge is 2.38. The van der Waals surface area contributed by atoms with Crippen LogP contribution in [0.1, 0.15) is 46.5 Å². The molecule has 1 aromatic rings. The molecular formula is C14H18N2O4. The molecule has 2 N–H and O–H groups in total. The van der Waals surface area contributed by atoms with Crippen molar-refractivity contribution in [3.8, 4) is 0 Å². The Kier molecular flexibility index (Phi) is 4.34. The lowest BCUT2D eigenvalue weighted by Gasteiger charge is -2.42. The highest BCUT2D eigenvalue weighted by molar-refractivity contribution is 5.95. The molecule has 0 unspecified atom stereocenters. The summed E-state index contributed by atoms with van der Waals surface area (Å²) >= 11 is 0. The van der Waals surface area contributed by atoms with Gasteiger partial charge < -0.3 is 15.2 Å². The summed E-state index contributed by atoms with van der Waals surface area (Å²) in [6.45, 7) is 0.608. The largest absolute Gasteiger partial charge is 0.477 e. The van der Waals surface area contributed by atoms with E-state index in [9.17, 15) is 9.59 Å². The number of nitrogens with zero attached hydrogens (tertiary/aromatic N) is 1. The van der Waals surface area contributed by atoms with Gasteiger partial charge in [0.2, 0.25) is 0 Å². The van der Waals surface area contributed by atoms with Gasteiger partial charge in [-0.15, -0.1) is 0 Å². The maximum Gasteiger partial charge on any atom is 0.354 e. The number of amides is 1. The van der Waals surface area contributed by atoms with Crippen molar-refractivity contribution in [2.24, 2.45) is 0 Å². The van der Waals surface area contributed by atoms with Crippen LogP contribution >= 0.6 is 0 Å². The zero-order valence-electron chi connectivity index (χ0n) is 11.4. The third kappa shape index (κ3) is 3.14. The number of rotatable bonds is 6. The van der Waals surface area contributed by atoms with Gasteiger partial charge >= 0.3 is 5.97 Å². The zero-order valence-corrected chi connectivity index (χ0v) is 11.4. The topological polar surface area (TPSA) is 88.5 Å².